The summed E-state index contributed by atoms with van der Waals surface area (Å²) in [6.07, 6.45) is 5.73. The Kier molecular flexibility index (Phi) is 7.01. The number of hydrogen-bond acceptors (Lipinski definition) is 5. The zero-order valence-corrected chi connectivity index (χ0v) is 21.3. The second-order valence-electron chi connectivity index (χ2n) is 9.01. The molecular weight excluding hydrogens is 442 g/mol. The molecule has 7 heteroatoms. The van der Waals surface area contributed by atoms with Crippen LogP contribution in [0.4, 0.5) is 0 Å². The average Bonchev–Trinajstić information content (AvgIpc) is 3.44. The van der Waals surface area contributed by atoms with Gasteiger partial charge in [0.2, 0.25) is 5.91 Å². The van der Waals surface area contributed by atoms with E-state index in [4.69, 9.17) is 0 Å². The van der Waals surface area contributed by atoms with Gasteiger partial charge in [-0.25, -0.2) is 0 Å². The summed E-state index contributed by atoms with van der Waals surface area (Å²) in [4.78, 5) is 18.9. The van der Waals surface area contributed by atoms with E-state index in [1.807, 2.05) is 48.8 Å². The summed E-state index contributed by atoms with van der Waals surface area (Å²) in [7, 11) is 3.99. The van der Waals surface area contributed by atoms with Gasteiger partial charge in [-0.1, -0.05) is 30.3 Å². The van der Waals surface area contributed by atoms with E-state index in [0.29, 0.717) is 18.0 Å². The van der Waals surface area contributed by atoms with E-state index >= 15 is 0 Å². The van der Waals surface area contributed by atoms with Crippen molar-refractivity contribution in [3.05, 3.63) is 75.3 Å². The van der Waals surface area contributed by atoms with Gasteiger partial charge in [-0.2, -0.15) is 10.4 Å². The molecule has 4 rings (SSSR count). The maximum Gasteiger partial charge on any atom is 0.246 e. The Labute approximate surface area is 205 Å². The standard InChI is InChI=1S/C27H31N5OS/c1-6-32-16-24(19(3)29-32)21-9-7-8-10-22(21)25-15-31(27(33)12-11-18(2)30(4)5)17-26-23(25)13-20(14-28)34-26/h7-13,16,18,25H,6,15,17H2,1-5H3/b12-11+/t18-,25-/m0/s1. The lowest BCUT2D eigenvalue weighted by molar-refractivity contribution is -0.127. The number of aromatic nitrogens is 2. The van der Waals surface area contributed by atoms with Gasteiger partial charge in [0.1, 0.15) is 10.9 Å². The molecule has 3 aromatic rings. The molecule has 2 aromatic heterocycles. The molecule has 0 saturated heterocycles. The van der Waals surface area contributed by atoms with Crippen molar-refractivity contribution < 1.29 is 4.79 Å². The molecule has 176 valence electrons. The Morgan fingerprint density at radius 3 is 2.76 bits per heavy atom. The van der Waals surface area contributed by atoms with Crippen LogP contribution in [0.25, 0.3) is 11.1 Å². The lowest BCUT2D eigenvalue weighted by atomic mass is 9.84. The van der Waals surface area contributed by atoms with Crippen molar-refractivity contribution in [1.82, 2.24) is 19.6 Å². The molecule has 1 aromatic carbocycles. The molecule has 0 N–H and O–H groups in total. The molecule has 0 spiro atoms. The summed E-state index contributed by atoms with van der Waals surface area (Å²) in [6.45, 7) is 8.10. The Balaban J connectivity index is 1.76. The Hall–Kier alpha value is -3.21. The number of amides is 1. The third-order valence-electron chi connectivity index (χ3n) is 6.61. The van der Waals surface area contributed by atoms with Crippen LogP contribution in [-0.2, 0) is 17.9 Å². The summed E-state index contributed by atoms with van der Waals surface area (Å²) in [5, 5.41) is 14.2. The van der Waals surface area contributed by atoms with Gasteiger partial charge in [0.25, 0.3) is 0 Å². The third kappa shape index (κ3) is 4.70. The SMILES string of the molecule is CCn1cc(-c2ccccc2[C@@H]2CN(C(=O)/C=C/[C@H](C)N(C)C)Cc3sc(C#N)cc32)c(C)n1. The second kappa shape index (κ2) is 9.96. The number of carbonyl (C=O) groups excluding carboxylic acids is 1. The number of rotatable bonds is 6. The van der Waals surface area contributed by atoms with Gasteiger partial charge in [0.05, 0.1) is 12.2 Å². The van der Waals surface area contributed by atoms with Gasteiger partial charge in [-0.3, -0.25) is 9.48 Å². The number of carbonyl (C=O) groups is 1. The van der Waals surface area contributed by atoms with Crippen molar-refractivity contribution in [3.63, 3.8) is 0 Å². The molecule has 34 heavy (non-hydrogen) atoms. The van der Waals surface area contributed by atoms with Gasteiger partial charge in [-0.05, 0) is 57.6 Å². The fourth-order valence-electron chi connectivity index (χ4n) is 4.40. The van der Waals surface area contributed by atoms with Crippen LogP contribution in [0, 0.1) is 18.3 Å². The number of benzene rings is 1. The molecule has 0 aliphatic carbocycles. The lowest BCUT2D eigenvalue weighted by Crippen LogP contribution is -2.37. The molecule has 1 amide bonds. The topological polar surface area (TPSA) is 65.2 Å². The second-order valence-corrected chi connectivity index (χ2v) is 10.1. The lowest BCUT2D eigenvalue weighted by Gasteiger charge is -2.33. The molecule has 2 atom stereocenters. The molecule has 0 fully saturated rings. The molecule has 0 unspecified atom stereocenters. The first-order valence-corrected chi connectivity index (χ1v) is 12.4. The van der Waals surface area contributed by atoms with E-state index in [0.717, 1.165) is 39.4 Å². The molecule has 0 saturated carbocycles. The summed E-state index contributed by atoms with van der Waals surface area (Å²) < 4.78 is 1.96. The number of aryl methyl sites for hydroxylation is 2. The molecule has 6 nitrogen and oxygen atoms in total. The highest BCUT2D eigenvalue weighted by Crippen LogP contribution is 2.42. The van der Waals surface area contributed by atoms with Crippen LogP contribution in [0.5, 0.6) is 0 Å². The first-order valence-electron chi connectivity index (χ1n) is 11.6. The highest BCUT2D eigenvalue weighted by atomic mass is 32.1. The van der Waals surface area contributed by atoms with Crippen LogP contribution in [0.3, 0.4) is 0 Å². The van der Waals surface area contributed by atoms with Crippen LogP contribution < -0.4 is 0 Å². The van der Waals surface area contributed by atoms with Crippen molar-refractivity contribution in [2.45, 2.75) is 45.8 Å². The smallest absolute Gasteiger partial charge is 0.246 e. The highest BCUT2D eigenvalue weighted by Gasteiger charge is 2.32. The van der Waals surface area contributed by atoms with Crippen molar-refractivity contribution in [2.24, 2.45) is 0 Å². The number of likely N-dealkylation sites (N-methyl/N-ethyl adjacent to an activating group) is 1. The molecule has 1 aliphatic rings. The molecular formula is C27H31N5OS. The first kappa shape index (κ1) is 23.9. The van der Waals surface area contributed by atoms with Crippen molar-refractivity contribution in [3.8, 4) is 17.2 Å². The van der Waals surface area contributed by atoms with Gasteiger partial charge < -0.3 is 9.80 Å². The van der Waals surface area contributed by atoms with Crippen molar-refractivity contribution >= 4 is 17.2 Å². The normalized spacial score (nSPS) is 16.6. The van der Waals surface area contributed by atoms with E-state index in [1.54, 1.807) is 6.08 Å². The van der Waals surface area contributed by atoms with Crippen LogP contribution in [0.15, 0.2) is 48.7 Å². The number of nitrogens with zero attached hydrogens (tertiary/aromatic N) is 5. The molecule has 0 radical (unpaired) electrons. The fraction of sp³-hybridized carbons (Fsp3) is 0.370. The van der Waals surface area contributed by atoms with Gasteiger partial charge in [0.15, 0.2) is 0 Å². The minimum atomic E-state index is -0.00806. The minimum absolute atomic E-state index is 0.00345. The summed E-state index contributed by atoms with van der Waals surface area (Å²) in [5.74, 6) is -0.00461. The highest BCUT2D eigenvalue weighted by molar-refractivity contribution is 7.12. The van der Waals surface area contributed by atoms with E-state index in [1.165, 1.54) is 11.3 Å². The van der Waals surface area contributed by atoms with E-state index in [-0.39, 0.29) is 17.9 Å². The van der Waals surface area contributed by atoms with E-state index in [2.05, 4.69) is 54.3 Å². The van der Waals surface area contributed by atoms with Gasteiger partial charge >= 0.3 is 0 Å². The Morgan fingerprint density at radius 2 is 2.09 bits per heavy atom. The van der Waals surface area contributed by atoms with Crippen molar-refractivity contribution in [2.75, 3.05) is 20.6 Å². The van der Waals surface area contributed by atoms with Crippen molar-refractivity contribution in [1.29, 1.82) is 5.26 Å². The predicted molar refractivity (Wildman–Crippen MR) is 137 cm³/mol. The Bertz CT molecular complexity index is 1260. The summed E-state index contributed by atoms with van der Waals surface area (Å²) in [5.41, 5.74) is 5.54. The summed E-state index contributed by atoms with van der Waals surface area (Å²) in [6, 6.07) is 12.9. The first-order chi connectivity index (χ1) is 16.3. The van der Waals surface area contributed by atoms with Crippen LogP contribution in [-0.4, -0.2) is 52.2 Å². The predicted octanol–water partition coefficient (Wildman–Crippen LogP) is 4.79. The third-order valence-corrected chi connectivity index (χ3v) is 7.65. The minimum Gasteiger partial charge on any atom is -0.333 e. The zero-order chi connectivity index (χ0) is 24.4. The van der Waals surface area contributed by atoms with E-state index < -0.39 is 0 Å². The van der Waals surface area contributed by atoms with Crippen LogP contribution in [0.2, 0.25) is 0 Å². The number of hydrogen-bond donors (Lipinski definition) is 0. The fourth-order valence-corrected chi connectivity index (χ4v) is 5.43. The quantitative estimate of drug-likeness (QED) is 0.483. The van der Waals surface area contributed by atoms with Gasteiger partial charge in [0, 0.05) is 47.8 Å². The van der Waals surface area contributed by atoms with Crippen LogP contribution >= 0.6 is 11.3 Å². The van der Waals surface area contributed by atoms with Gasteiger partial charge in [-0.15, -0.1) is 11.3 Å². The summed E-state index contributed by atoms with van der Waals surface area (Å²) >= 11 is 1.49. The monoisotopic (exact) mass is 473 g/mol. The molecule has 0 bridgehead atoms. The molecule has 3 heterocycles. The number of fused-ring (bicyclic) bond motifs is 1. The molecule has 1 aliphatic heterocycles. The Morgan fingerprint density at radius 1 is 1.32 bits per heavy atom. The number of nitriles is 1. The van der Waals surface area contributed by atoms with Crippen LogP contribution in [0.1, 0.15) is 46.3 Å². The zero-order valence-electron chi connectivity index (χ0n) is 20.4. The average molecular weight is 474 g/mol. The maximum atomic E-state index is 13.2. The largest absolute Gasteiger partial charge is 0.333 e. The van der Waals surface area contributed by atoms with E-state index in [9.17, 15) is 10.1 Å². The number of thiophene rings is 1. The maximum absolute atomic E-state index is 13.2.